The van der Waals surface area contributed by atoms with Gasteiger partial charge in [0.25, 0.3) is 0 Å². The number of hydrogen-bond donors (Lipinski definition) is 0. The molecule has 0 atom stereocenters. The van der Waals surface area contributed by atoms with Crippen LogP contribution < -0.4 is 9.47 Å². The molecule has 2 aromatic carbocycles. The summed E-state index contributed by atoms with van der Waals surface area (Å²) in [6.45, 7) is 1.81. The van der Waals surface area contributed by atoms with E-state index >= 15 is 0 Å². The molecule has 0 aromatic heterocycles. The van der Waals surface area contributed by atoms with Crippen LogP contribution >= 0.6 is 0 Å². The summed E-state index contributed by atoms with van der Waals surface area (Å²) in [6, 6.07) is 14.0. The van der Waals surface area contributed by atoms with Crippen molar-refractivity contribution in [1.29, 1.82) is 5.26 Å². The van der Waals surface area contributed by atoms with E-state index in [2.05, 4.69) is 12.3 Å². The number of methoxy groups -OCH3 is 2. The maximum atomic E-state index is 8.74. The van der Waals surface area contributed by atoms with Crippen LogP contribution in [-0.2, 0) is 11.3 Å². The van der Waals surface area contributed by atoms with E-state index in [1.54, 1.807) is 19.1 Å². The summed E-state index contributed by atoms with van der Waals surface area (Å²) in [6.07, 6.45) is 2.22. The van der Waals surface area contributed by atoms with Crippen LogP contribution in [0.1, 0.15) is 5.56 Å². The molecule has 0 spiro atoms. The maximum Gasteiger partial charge on any atom is 0.179 e. The SMILES string of the molecule is COc1cccc(-c2ccc(COC3CN(C#N)C3)c(OC)c2)c1. The Morgan fingerprint density at radius 2 is 1.88 bits per heavy atom. The van der Waals surface area contributed by atoms with Crippen LogP contribution in [0.4, 0.5) is 0 Å². The number of likely N-dealkylation sites (tertiary alicyclic amines) is 1. The van der Waals surface area contributed by atoms with Crippen molar-refractivity contribution in [2.45, 2.75) is 12.7 Å². The van der Waals surface area contributed by atoms with Gasteiger partial charge in [0.2, 0.25) is 0 Å². The van der Waals surface area contributed by atoms with Gasteiger partial charge < -0.3 is 19.1 Å². The average Bonchev–Trinajstić information content (AvgIpc) is 2.60. The molecule has 0 aliphatic carbocycles. The third kappa shape index (κ3) is 3.44. The molecule has 1 aliphatic heterocycles. The molecule has 3 rings (SSSR count). The Hall–Kier alpha value is -2.71. The summed E-state index contributed by atoms with van der Waals surface area (Å²) in [5.41, 5.74) is 3.14. The van der Waals surface area contributed by atoms with Gasteiger partial charge >= 0.3 is 0 Å². The van der Waals surface area contributed by atoms with Gasteiger partial charge in [-0.25, -0.2) is 0 Å². The lowest BCUT2D eigenvalue weighted by molar-refractivity contribution is -0.0405. The summed E-state index contributed by atoms with van der Waals surface area (Å²) < 4.78 is 16.6. The van der Waals surface area contributed by atoms with E-state index < -0.39 is 0 Å². The molecule has 0 unspecified atom stereocenters. The summed E-state index contributed by atoms with van der Waals surface area (Å²) >= 11 is 0. The van der Waals surface area contributed by atoms with Gasteiger partial charge in [0, 0.05) is 5.56 Å². The average molecular weight is 324 g/mol. The molecule has 0 amide bonds. The van der Waals surface area contributed by atoms with Crippen molar-refractivity contribution in [3.63, 3.8) is 0 Å². The van der Waals surface area contributed by atoms with Gasteiger partial charge in [0.1, 0.15) is 11.5 Å². The van der Waals surface area contributed by atoms with E-state index in [0.717, 1.165) is 28.2 Å². The number of nitriles is 1. The second-order valence-corrected chi connectivity index (χ2v) is 5.70. The molecule has 5 heteroatoms. The van der Waals surface area contributed by atoms with Gasteiger partial charge in [0.15, 0.2) is 6.19 Å². The van der Waals surface area contributed by atoms with Gasteiger partial charge in [-0.2, -0.15) is 5.26 Å². The third-order valence-electron chi connectivity index (χ3n) is 4.15. The molecule has 24 heavy (non-hydrogen) atoms. The number of ether oxygens (including phenoxy) is 3. The van der Waals surface area contributed by atoms with Crippen molar-refractivity contribution < 1.29 is 14.2 Å². The first-order chi connectivity index (χ1) is 11.7. The van der Waals surface area contributed by atoms with Gasteiger partial charge in [-0.3, -0.25) is 0 Å². The van der Waals surface area contributed by atoms with Crippen LogP contribution in [0.3, 0.4) is 0 Å². The maximum absolute atomic E-state index is 8.74. The number of benzene rings is 2. The monoisotopic (exact) mass is 324 g/mol. The van der Waals surface area contributed by atoms with E-state index in [-0.39, 0.29) is 6.10 Å². The zero-order valence-electron chi connectivity index (χ0n) is 13.9. The van der Waals surface area contributed by atoms with Crippen molar-refractivity contribution in [1.82, 2.24) is 4.90 Å². The second-order valence-electron chi connectivity index (χ2n) is 5.70. The lowest BCUT2D eigenvalue weighted by atomic mass is 10.0. The Bertz CT molecular complexity index is 749. The Kier molecular flexibility index (Phi) is 4.88. The van der Waals surface area contributed by atoms with E-state index in [1.807, 2.05) is 36.4 Å². The largest absolute Gasteiger partial charge is 0.497 e. The number of rotatable bonds is 6. The van der Waals surface area contributed by atoms with Crippen molar-refractivity contribution in [3.05, 3.63) is 48.0 Å². The van der Waals surface area contributed by atoms with Crippen LogP contribution in [0.25, 0.3) is 11.1 Å². The van der Waals surface area contributed by atoms with Crippen LogP contribution in [0.2, 0.25) is 0 Å². The van der Waals surface area contributed by atoms with Gasteiger partial charge in [-0.1, -0.05) is 24.3 Å². The fraction of sp³-hybridized carbons (Fsp3) is 0.316. The van der Waals surface area contributed by atoms with Crippen LogP contribution in [0.5, 0.6) is 11.5 Å². The van der Waals surface area contributed by atoms with Crippen molar-refractivity contribution in [3.8, 4) is 28.8 Å². The van der Waals surface area contributed by atoms with Gasteiger partial charge in [0.05, 0.1) is 40.0 Å². The second kappa shape index (κ2) is 7.24. The molecule has 0 bridgehead atoms. The Balaban J connectivity index is 1.72. The highest BCUT2D eigenvalue weighted by Crippen LogP contribution is 2.30. The molecule has 5 nitrogen and oxygen atoms in total. The normalized spacial score (nSPS) is 14.0. The first-order valence-corrected chi connectivity index (χ1v) is 7.81. The minimum atomic E-state index is 0.118. The molecule has 1 fully saturated rings. The fourth-order valence-corrected chi connectivity index (χ4v) is 2.68. The Labute approximate surface area is 142 Å². The van der Waals surface area contributed by atoms with E-state index in [4.69, 9.17) is 19.5 Å². The van der Waals surface area contributed by atoms with Gasteiger partial charge in [-0.05, 0) is 29.3 Å². The summed E-state index contributed by atoms with van der Waals surface area (Å²) in [4.78, 5) is 1.67. The van der Waals surface area contributed by atoms with Crippen molar-refractivity contribution >= 4 is 0 Å². The molecule has 1 aliphatic rings. The Morgan fingerprint density at radius 1 is 1.08 bits per heavy atom. The summed E-state index contributed by atoms with van der Waals surface area (Å²) in [7, 11) is 3.32. The summed E-state index contributed by atoms with van der Waals surface area (Å²) in [5, 5.41) is 8.74. The zero-order valence-corrected chi connectivity index (χ0v) is 13.9. The minimum absolute atomic E-state index is 0.118. The molecule has 2 aromatic rings. The lowest BCUT2D eigenvalue weighted by Crippen LogP contribution is -2.49. The number of hydrogen-bond acceptors (Lipinski definition) is 5. The fourth-order valence-electron chi connectivity index (χ4n) is 2.68. The molecule has 0 radical (unpaired) electrons. The molecule has 0 N–H and O–H groups in total. The van der Waals surface area contributed by atoms with Crippen LogP contribution in [-0.4, -0.2) is 38.3 Å². The first-order valence-electron chi connectivity index (χ1n) is 7.81. The highest BCUT2D eigenvalue weighted by atomic mass is 16.5. The molecule has 124 valence electrons. The third-order valence-corrected chi connectivity index (χ3v) is 4.15. The Morgan fingerprint density at radius 3 is 2.58 bits per heavy atom. The predicted molar refractivity (Wildman–Crippen MR) is 90.7 cm³/mol. The lowest BCUT2D eigenvalue weighted by Gasteiger charge is -2.34. The van der Waals surface area contributed by atoms with Crippen molar-refractivity contribution in [2.24, 2.45) is 0 Å². The standard InChI is InChI=1S/C19H20N2O3/c1-22-17-5-3-4-14(8-17)15-6-7-16(19(9-15)23-2)12-24-18-10-21(11-18)13-20/h3-9,18H,10-12H2,1-2H3. The van der Waals surface area contributed by atoms with E-state index in [0.29, 0.717) is 19.7 Å². The van der Waals surface area contributed by atoms with Crippen molar-refractivity contribution in [2.75, 3.05) is 27.3 Å². The highest BCUT2D eigenvalue weighted by molar-refractivity contribution is 5.67. The van der Waals surface area contributed by atoms with E-state index in [9.17, 15) is 0 Å². The molecule has 1 heterocycles. The zero-order chi connectivity index (χ0) is 16.9. The molecular weight excluding hydrogens is 304 g/mol. The van der Waals surface area contributed by atoms with E-state index in [1.165, 1.54) is 0 Å². The van der Waals surface area contributed by atoms with Crippen LogP contribution in [0, 0.1) is 11.5 Å². The first kappa shape index (κ1) is 16.2. The minimum Gasteiger partial charge on any atom is -0.497 e. The van der Waals surface area contributed by atoms with Crippen LogP contribution in [0.15, 0.2) is 42.5 Å². The number of nitrogens with zero attached hydrogens (tertiary/aromatic N) is 2. The smallest absolute Gasteiger partial charge is 0.179 e. The molecule has 0 saturated carbocycles. The highest BCUT2D eigenvalue weighted by Gasteiger charge is 2.26. The quantitative estimate of drug-likeness (QED) is 0.765. The molecule has 1 saturated heterocycles. The van der Waals surface area contributed by atoms with Gasteiger partial charge in [-0.15, -0.1) is 0 Å². The summed E-state index contributed by atoms with van der Waals surface area (Å²) in [5.74, 6) is 1.62. The topological polar surface area (TPSA) is 54.7 Å². The molecular formula is C19H20N2O3. The predicted octanol–water partition coefficient (Wildman–Crippen LogP) is 3.05.